The molecule has 28 heavy (non-hydrogen) atoms. The summed E-state index contributed by atoms with van der Waals surface area (Å²) in [6.07, 6.45) is 10.7. The summed E-state index contributed by atoms with van der Waals surface area (Å²) >= 11 is 0. The molecule has 0 bridgehead atoms. The van der Waals surface area contributed by atoms with E-state index in [1.165, 1.54) is 12.5 Å². The highest BCUT2D eigenvalue weighted by Crippen LogP contribution is 2.70. The summed E-state index contributed by atoms with van der Waals surface area (Å²) in [6.45, 7) is 4.73. The second-order valence-electron chi connectivity index (χ2n) is 10.8. The van der Waals surface area contributed by atoms with Gasteiger partial charge < -0.3 is 14.6 Å². The van der Waals surface area contributed by atoms with Gasteiger partial charge in [0.25, 0.3) is 0 Å². The Kier molecular flexibility index (Phi) is 4.17. The first-order chi connectivity index (χ1) is 13.3. The van der Waals surface area contributed by atoms with Crippen molar-refractivity contribution in [3.63, 3.8) is 0 Å². The van der Waals surface area contributed by atoms with Crippen molar-refractivity contribution in [1.82, 2.24) is 0 Å². The maximum absolute atomic E-state index is 12.2. The van der Waals surface area contributed by atoms with E-state index < -0.39 is 5.60 Å². The fraction of sp³-hybridized carbons (Fsp3) is 0.792. The molecular formula is C24H34O4. The fourth-order valence-corrected chi connectivity index (χ4v) is 8.30. The zero-order valence-corrected chi connectivity index (χ0v) is 17.2. The van der Waals surface area contributed by atoms with E-state index in [9.17, 15) is 15.0 Å². The molecule has 4 aliphatic rings. The molecule has 4 heteroatoms. The van der Waals surface area contributed by atoms with E-state index in [0.717, 1.165) is 56.9 Å². The van der Waals surface area contributed by atoms with Gasteiger partial charge in [0.2, 0.25) is 0 Å². The molecule has 2 N–H and O–H groups in total. The highest BCUT2D eigenvalue weighted by Gasteiger charge is 2.67. The second-order valence-corrected chi connectivity index (χ2v) is 10.8. The Hall–Kier alpha value is -1.13. The summed E-state index contributed by atoms with van der Waals surface area (Å²) < 4.78 is 5.17. The van der Waals surface area contributed by atoms with Crippen molar-refractivity contribution in [3.8, 4) is 0 Å². The maximum atomic E-state index is 12.2. The van der Waals surface area contributed by atoms with Gasteiger partial charge in [-0.3, -0.25) is 0 Å². The number of rotatable bonds is 1. The van der Waals surface area contributed by atoms with Crippen molar-refractivity contribution in [2.45, 2.75) is 89.3 Å². The number of aliphatic hydroxyl groups excluding tert-OH is 1. The van der Waals surface area contributed by atoms with Crippen LogP contribution in [0.1, 0.15) is 83.1 Å². The van der Waals surface area contributed by atoms with Crippen molar-refractivity contribution in [2.24, 2.45) is 28.6 Å². The van der Waals surface area contributed by atoms with Gasteiger partial charge >= 0.3 is 5.63 Å². The van der Waals surface area contributed by atoms with E-state index in [2.05, 4.69) is 13.8 Å². The van der Waals surface area contributed by atoms with Crippen LogP contribution in [0.4, 0.5) is 0 Å². The van der Waals surface area contributed by atoms with Crippen LogP contribution >= 0.6 is 0 Å². The zero-order chi connectivity index (χ0) is 19.7. The first-order valence-corrected chi connectivity index (χ1v) is 11.3. The predicted octanol–water partition coefficient (Wildman–Crippen LogP) is 4.24. The van der Waals surface area contributed by atoms with E-state index in [-0.39, 0.29) is 28.5 Å². The summed E-state index contributed by atoms with van der Waals surface area (Å²) in [6, 6.07) is 3.42. The Morgan fingerprint density at radius 1 is 1.00 bits per heavy atom. The number of aliphatic hydroxyl groups is 2. The first kappa shape index (κ1) is 18.9. The Balaban J connectivity index is 1.48. The van der Waals surface area contributed by atoms with Gasteiger partial charge in [-0.25, -0.2) is 4.79 Å². The van der Waals surface area contributed by atoms with E-state index in [0.29, 0.717) is 17.8 Å². The molecule has 6 unspecified atom stereocenters. The summed E-state index contributed by atoms with van der Waals surface area (Å²) in [5.41, 5.74) is 0.219. The third-order valence-corrected chi connectivity index (χ3v) is 9.95. The van der Waals surface area contributed by atoms with Gasteiger partial charge in [0, 0.05) is 11.5 Å². The molecule has 0 radical (unpaired) electrons. The van der Waals surface area contributed by atoms with Gasteiger partial charge in [-0.15, -0.1) is 0 Å². The van der Waals surface area contributed by atoms with Gasteiger partial charge in [-0.1, -0.05) is 13.8 Å². The lowest BCUT2D eigenvalue weighted by Gasteiger charge is -2.63. The second kappa shape index (κ2) is 6.18. The monoisotopic (exact) mass is 386 g/mol. The minimum absolute atomic E-state index is 0.129. The molecule has 8 atom stereocenters. The molecule has 4 fully saturated rings. The summed E-state index contributed by atoms with van der Waals surface area (Å²) in [5.74, 6) is 1.76. The molecular weight excluding hydrogens is 352 g/mol. The lowest BCUT2D eigenvalue weighted by molar-refractivity contribution is -0.205. The van der Waals surface area contributed by atoms with Crippen LogP contribution in [0.15, 0.2) is 27.6 Å². The molecule has 1 heterocycles. The van der Waals surface area contributed by atoms with Crippen LogP contribution in [-0.4, -0.2) is 21.9 Å². The van der Waals surface area contributed by atoms with Crippen molar-refractivity contribution >= 4 is 0 Å². The van der Waals surface area contributed by atoms with Crippen molar-refractivity contribution < 1.29 is 14.6 Å². The van der Waals surface area contributed by atoms with Gasteiger partial charge in [0.05, 0.1) is 18.0 Å². The molecule has 4 aliphatic carbocycles. The quantitative estimate of drug-likeness (QED) is 0.757. The summed E-state index contributed by atoms with van der Waals surface area (Å²) in [5, 5.41) is 22.4. The molecule has 5 rings (SSSR count). The minimum atomic E-state index is -0.638. The fourth-order valence-electron chi connectivity index (χ4n) is 8.30. The molecule has 1 aromatic heterocycles. The molecule has 0 amide bonds. The van der Waals surface area contributed by atoms with Crippen molar-refractivity contribution in [3.05, 3.63) is 34.4 Å². The molecule has 0 aromatic carbocycles. The lowest BCUT2D eigenvalue weighted by Crippen LogP contribution is -2.62. The van der Waals surface area contributed by atoms with Gasteiger partial charge in [0.1, 0.15) is 0 Å². The van der Waals surface area contributed by atoms with Crippen LogP contribution in [0, 0.1) is 28.6 Å². The molecule has 0 spiro atoms. The van der Waals surface area contributed by atoms with Gasteiger partial charge in [-0.2, -0.15) is 0 Å². The van der Waals surface area contributed by atoms with Crippen LogP contribution in [0.3, 0.4) is 0 Å². The SMILES string of the molecule is CC12CC[C@H](O)CC1CCC1C2CCC2(C)C(c3ccc(=O)oc3)CC[C@]12O. The average Bonchev–Trinajstić information content (AvgIpc) is 2.95. The van der Waals surface area contributed by atoms with Crippen molar-refractivity contribution in [2.75, 3.05) is 0 Å². The van der Waals surface area contributed by atoms with E-state index >= 15 is 0 Å². The lowest BCUT2D eigenvalue weighted by atomic mass is 9.43. The Bertz CT molecular complexity index is 797. The minimum Gasteiger partial charge on any atom is -0.431 e. The largest absolute Gasteiger partial charge is 0.431 e. The van der Waals surface area contributed by atoms with Crippen LogP contribution in [-0.2, 0) is 0 Å². The van der Waals surface area contributed by atoms with Gasteiger partial charge in [-0.05, 0) is 98.5 Å². The third-order valence-electron chi connectivity index (χ3n) is 9.95. The molecule has 0 saturated heterocycles. The van der Waals surface area contributed by atoms with Crippen LogP contribution in [0.5, 0.6) is 0 Å². The standard InChI is InChI=1S/C24H34O4/c1-22-10-7-17(25)13-16(22)4-5-20-19(22)8-11-23(2)18(9-12-24(20,23)27)15-3-6-21(26)28-14-15/h3,6,14,16-20,25,27H,4-5,7-13H2,1-2H3/t16?,17-,18?,19?,20?,22?,23?,24-/m0/s1. The molecule has 154 valence electrons. The highest BCUT2D eigenvalue weighted by atomic mass is 16.4. The van der Waals surface area contributed by atoms with Crippen molar-refractivity contribution in [1.29, 1.82) is 0 Å². The summed E-state index contributed by atoms with van der Waals surface area (Å²) in [4.78, 5) is 11.4. The Labute approximate surface area is 167 Å². The molecule has 0 aliphatic heterocycles. The predicted molar refractivity (Wildman–Crippen MR) is 107 cm³/mol. The number of fused-ring (bicyclic) bond motifs is 5. The van der Waals surface area contributed by atoms with E-state index in [1.807, 2.05) is 6.07 Å². The first-order valence-electron chi connectivity index (χ1n) is 11.3. The highest BCUT2D eigenvalue weighted by molar-refractivity contribution is 5.27. The molecule has 4 nitrogen and oxygen atoms in total. The smallest absolute Gasteiger partial charge is 0.335 e. The third kappa shape index (κ3) is 2.40. The number of hydrogen-bond acceptors (Lipinski definition) is 4. The topological polar surface area (TPSA) is 70.7 Å². The Morgan fingerprint density at radius 3 is 2.57 bits per heavy atom. The summed E-state index contributed by atoms with van der Waals surface area (Å²) in [7, 11) is 0. The average molecular weight is 387 g/mol. The van der Waals surface area contributed by atoms with Crippen LogP contribution < -0.4 is 5.63 Å². The Morgan fingerprint density at radius 2 is 1.82 bits per heavy atom. The van der Waals surface area contributed by atoms with Crippen LogP contribution in [0.25, 0.3) is 0 Å². The number of hydrogen-bond donors (Lipinski definition) is 2. The van der Waals surface area contributed by atoms with Crippen LogP contribution in [0.2, 0.25) is 0 Å². The normalized spacial score (nSPS) is 50.5. The molecule has 4 saturated carbocycles. The zero-order valence-electron chi connectivity index (χ0n) is 17.2. The van der Waals surface area contributed by atoms with E-state index in [4.69, 9.17) is 4.42 Å². The molecule has 1 aromatic rings. The maximum Gasteiger partial charge on any atom is 0.335 e. The van der Waals surface area contributed by atoms with E-state index in [1.54, 1.807) is 6.26 Å². The van der Waals surface area contributed by atoms with Gasteiger partial charge in [0.15, 0.2) is 0 Å².